The Morgan fingerprint density at radius 1 is 1.09 bits per heavy atom. The molecule has 8 nitrogen and oxygen atoms in total. The number of nitrogens with zero attached hydrogens (tertiary/aromatic N) is 3. The number of rotatable bonds is 4. The Morgan fingerprint density at radius 3 is 2.51 bits per heavy atom. The highest BCUT2D eigenvalue weighted by Gasteiger charge is 2.36. The van der Waals surface area contributed by atoms with Crippen LogP contribution in [0.25, 0.3) is 11.0 Å². The summed E-state index contributed by atoms with van der Waals surface area (Å²) >= 11 is 0. The molecule has 0 N–H and O–H groups in total. The number of benzene rings is 3. The summed E-state index contributed by atoms with van der Waals surface area (Å²) in [5, 5.41) is 21.8. The average molecular weight is 463 g/mol. The van der Waals surface area contributed by atoms with Crippen LogP contribution in [0, 0.1) is 28.4 Å². The Bertz CT molecular complexity index is 1630. The fraction of sp³-hybridized carbons (Fsp3) is 0.0741. The van der Waals surface area contributed by atoms with E-state index in [1.54, 1.807) is 12.3 Å². The predicted octanol–water partition coefficient (Wildman–Crippen LogP) is 5.39. The Labute approximate surface area is 199 Å². The van der Waals surface area contributed by atoms with Gasteiger partial charge in [0.25, 0.3) is 5.69 Å². The lowest BCUT2D eigenvalue weighted by molar-refractivity contribution is -0.384. The van der Waals surface area contributed by atoms with Crippen molar-refractivity contribution >= 4 is 22.9 Å². The molecule has 0 amide bonds. The highest BCUT2D eigenvalue weighted by Crippen LogP contribution is 2.45. The molecule has 4 aromatic rings. The first-order chi connectivity index (χ1) is 17.0. The number of hydrogen-bond acceptors (Lipinski definition) is 7. The molecule has 1 atom stereocenters. The van der Waals surface area contributed by atoms with E-state index in [-0.39, 0.29) is 28.5 Å². The zero-order chi connectivity index (χ0) is 24.5. The van der Waals surface area contributed by atoms with Gasteiger partial charge in [0.2, 0.25) is 5.88 Å². The molecule has 1 aliphatic rings. The maximum Gasteiger partial charge on any atom is 0.344 e. The van der Waals surface area contributed by atoms with E-state index in [1.807, 2.05) is 49.4 Å². The summed E-state index contributed by atoms with van der Waals surface area (Å²) in [5.74, 6) is -0.586. The zero-order valence-corrected chi connectivity index (χ0v) is 18.5. The minimum atomic E-state index is -0.881. The standard InChI is InChI=1S/C27H17N3O5/c1-16-7-12-22-20(13-16)25-24(27(31)34-22)23(18-8-10-19(11-9-18)30(32)33)21(14-28)26(35-25)29-15-17-5-3-2-4-6-17/h2-13,15,23H,1H3/b29-15+. The third-order valence-electron chi connectivity index (χ3n) is 5.74. The molecule has 35 heavy (non-hydrogen) atoms. The van der Waals surface area contributed by atoms with E-state index in [2.05, 4.69) is 11.1 Å². The lowest BCUT2D eigenvalue weighted by atomic mass is 9.83. The molecule has 5 rings (SSSR count). The topological polar surface area (TPSA) is 119 Å². The van der Waals surface area contributed by atoms with Gasteiger partial charge in [-0.1, -0.05) is 54.1 Å². The van der Waals surface area contributed by atoms with E-state index in [0.29, 0.717) is 16.5 Å². The SMILES string of the molecule is Cc1ccc2oc(=O)c3c(c2c1)OC(/N=C/c1ccccc1)=C(C#N)C3c1ccc([N+](=O)[O-])cc1. The molecule has 0 saturated heterocycles. The first-order valence-corrected chi connectivity index (χ1v) is 10.7. The van der Waals surface area contributed by atoms with Crippen LogP contribution in [0.15, 0.2) is 98.5 Å². The fourth-order valence-corrected chi connectivity index (χ4v) is 4.08. The van der Waals surface area contributed by atoms with Gasteiger partial charge in [0.05, 0.1) is 21.8 Å². The van der Waals surface area contributed by atoms with Crippen LogP contribution in [-0.2, 0) is 0 Å². The second kappa shape index (κ2) is 8.72. The Balaban J connectivity index is 1.77. The third kappa shape index (κ3) is 3.96. The lowest BCUT2D eigenvalue weighted by Crippen LogP contribution is -2.23. The van der Waals surface area contributed by atoms with E-state index in [1.165, 1.54) is 24.3 Å². The van der Waals surface area contributed by atoms with Gasteiger partial charge >= 0.3 is 5.63 Å². The maximum atomic E-state index is 13.1. The summed E-state index contributed by atoms with van der Waals surface area (Å²) in [7, 11) is 0. The molecular formula is C27H17N3O5. The third-order valence-corrected chi connectivity index (χ3v) is 5.74. The highest BCUT2D eigenvalue weighted by molar-refractivity contribution is 5.87. The summed E-state index contributed by atoms with van der Waals surface area (Å²) in [6.45, 7) is 1.90. The van der Waals surface area contributed by atoms with Crippen molar-refractivity contribution in [2.24, 2.45) is 4.99 Å². The molecular weight excluding hydrogens is 446 g/mol. The molecule has 0 aliphatic carbocycles. The van der Waals surface area contributed by atoms with E-state index in [9.17, 15) is 20.2 Å². The average Bonchev–Trinajstić information content (AvgIpc) is 2.87. The van der Waals surface area contributed by atoms with Crippen LogP contribution < -0.4 is 10.4 Å². The number of ether oxygens (including phenoxy) is 1. The van der Waals surface area contributed by atoms with E-state index in [4.69, 9.17) is 9.15 Å². The van der Waals surface area contributed by atoms with Gasteiger partial charge in [0, 0.05) is 18.3 Å². The van der Waals surface area contributed by atoms with Gasteiger partial charge in [0.1, 0.15) is 17.2 Å². The highest BCUT2D eigenvalue weighted by atomic mass is 16.6. The molecule has 1 aromatic heterocycles. The fourth-order valence-electron chi connectivity index (χ4n) is 4.08. The maximum absolute atomic E-state index is 13.1. The molecule has 0 spiro atoms. The minimum absolute atomic E-state index is 0.0422. The lowest BCUT2D eigenvalue weighted by Gasteiger charge is -2.26. The van der Waals surface area contributed by atoms with Gasteiger partial charge in [0.15, 0.2) is 5.75 Å². The number of aliphatic imine (C=N–C) groups is 1. The van der Waals surface area contributed by atoms with Crippen molar-refractivity contribution in [1.82, 2.24) is 0 Å². The van der Waals surface area contributed by atoms with Crippen LogP contribution in [0.3, 0.4) is 0 Å². The molecule has 0 saturated carbocycles. The largest absolute Gasteiger partial charge is 0.437 e. The summed E-state index contributed by atoms with van der Waals surface area (Å²) < 4.78 is 11.7. The number of allylic oxidation sites excluding steroid dienone is 1. The first-order valence-electron chi connectivity index (χ1n) is 10.7. The van der Waals surface area contributed by atoms with Gasteiger partial charge in [-0.2, -0.15) is 5.26 Å². The monoisotopic (exact) mass is 463 g/mol. The number of nitro groups is 1. The zero-order valence-electron chi connectivity index (χ0n) is 18.5. The molecule has 0 fully saturated rings. The van der Waals surface area contributed by atoms with Crippen LogP contribution in [-0.4, -0.2) is 11.1 Å². The molecule has 0 bridgehead atoms. The van der Waals surface area contributed by atoms with Crippen molar-refractivity contribution in [1.29, 1.82) is 5.26 Å². The van der Waals surface area contributed by atoms with Crippen molar-refractivity contribution < 1.29 is 14.1 Å². The van der Waals surface area contributed by atoms with Crippen LogP contribution in [0.1, 0.15) is 28.2 Å². The smallest absolute Gasteiger partial charge is 0.344 e. The predicted molar refractivity (Wildman–Crippen MR) is 129 cm³/mol. The molecule has 2 heterocycles. The summed E-state index contributed by atoms with van der Waals surface area (Å²) in [4.78, 5) is 28.2. The molecule has 8 heteroatoms. The summed E-state index contributed by atoms with van der Waals surface area (Å²) in [6.07, 6.45) is 1.57. The summed E-state index contributed by atoms with van der Waals surface area (Å²) in [5.41, 5.74) is 2.05. The number of nitriles is 1. The summed E-state index contributed by atoms with van der Waals surface area (Å²) in [6, 6.07) is 22.5. The molecule has 0 radical (unpaired) electrons. The van der Waals surface area contributed by atoms with Crippen molar-refractivity contribution in [3.8, 4) is 11.8 Å². The molecule has 1 unspecified atom stereocenters. The van der Waals surface area contributed by atoms with Crippen molar-refractivity contribution in [3.63, 3.8) is 0 Å². The van der Waals surface area contributed by atoms with E-state index in [0.717, 1.165) is 11.1 Å². The second-order valence-electron chi connectivity index (χ2n) is 8.02. The number of aryl methyl sites for hydroxylation is 1. The first kappa shape index (κ1) is 21.8. The molecule has 1 aliphatic heterocycles. The Morgan fingerprint density at radius 2 is 1.83 bits per heavy atom. The van der Waals surface area contributed by atoms with Gasteiger partial charge in [-0.15, -0.1) is 0 Å². The van der Waals surface area contributed by atoms with E-state index < -0.39 is 16.5 Å². The molecule has 170 valence electrons. The minimum Gasteiger partial charge on any atom is -0.437 e. The van der Waals surface area contributed by atoms with Gasteiger partial charge in [-0.25, -0.2) is 9.79 Å². The van der Waals surface area contributed by atoms with Crippen LogP contribution in [0.5, 0.6) is 5.75 Å². The number of hydrogen-bond donors (Lipinski definition) is 0. The quantitative estimate of drug-likeness (QED) is 0.173. The number of non-ortho nitro benzene ring substituents is 1. The van der Waals surface area contributed by atoms with Gasteiger partial charge in [-0.05, 0) is 30.2 Å². The Hall–Kier alpha value is -5.03. The van der Waals surface area contributed by atoms with Crippen LogP contribution >= 0.6 is 0 Å². The second-order valence-corrected chi connectivity index (χ2v) is 8.02. The van der Waals surface area contributed by atoms with Crippen molar-refractivity contribution in [3.05, 3.63) is 127 Å². The number of fused-ring (bicyclic) bond motifs is 3. The molecule has 3 aromatic carbocycles. The van der Waals surface area contributed by atoms with Crippen molar-refractivity contribution in [2.75, 3.05) is 0 Å². The van der Waals surface area contributed by atoms with Crippen molar-refractivity contribution in [2.45, 2.75) is 12.8 Å². The Kier molecular flexibility index (Phi) is 5.43. The normalized spacial score (nSPS) is 15.0. The van der Waals surface area contributed by atoms with Crippen LogP contribution in [0.4, 0.5) is 5.69 Å². The van der Waals surface area contributed by atoms with E-state index >= 15 is 0 Å². The number of nitro benzene ring substituents is 1. The van der Waals surface area contributed by atoms with Gasteiger partial charge < -0.3 is 9.15 Å². The van der Waals surface area contributed by atoms with Gasteiger partial charge in [-0.3, -0.25) is 10.1 Å². The van der Waals surface area contributed by atoms with Crippen LogP contribution in [0.2, 0.25) is 0 Å².